The van der Waals surface area contributed by atoms with Crippen LogP contribution >= 0.6 is 27.5 Å². The second-order valence-electron chi connectivity index (χ2n) is 7.12. The van der Waals surface area contributed by atoms with E-state index in [4.69, 9.17) is 11.6 Å². The molecule has 1 aromatic rings. The zero-order valence-electron chi connectivity index (χ0n) is 11.8. The monoisotopic (exact) mass is 341 g/mol. The number of hydrogen-bond acceptors (Lipinski definition) is 1. The second-order valence-corrected chi connectivity index (χ2v) is 8.44. The van der Waals surface area contributed by atoms with Crippen LogP contribution in [0.15, 0.2) is 22.7 Å². The van der Waals surface area contributed by atoms with Gasteiger partial charge in [-0.2, -0.15) is 0 Å². The van der Waals surface area contributed by atoms with Crippen molar-refractivity contribution < 1.29 is 0 Å². The van der Waals surface area contributed by atoms with Crippen LogP contribution in [0.5, 0.6) is 0 Å². The van der Waals surface area contributed by atoms with E-state index in [1.165, 1.54) is 19.3 Å². The van der Waals surface area contributed by atoms with Crippen molar-refractivity contribution in [3.63, 3.8) is 0 Å². The summed E-state index contributed by atoms with van der Waals surface area (Å²) in [6.07, 6.45) is 4.07. The number of anilines is 1. The molecule has 3 atom stereocenters. The van der Waals surface area contributed by atoms with E-state index in [1.807, 2.05) is 12.1 Å². The van der Waals surface area contributed by atoms with Gasteiger partial charge in [-0.25, -0.2) is 0 Å². The van der Waals surface area contributed by atoms with Gasteiger partial charge in [0.1, 0.15) is 0 Å². The fraction of sp³-hybridized carbons (Fsp3) is 0.625. The highest BCUT2D eigenvalue weighted by Crippen LogP contribution is 2.63. The van der Waals surface area contributed by atoms with Gasteiger partial charge in [0, 0.05) is 10.5 Å². The van der Waals surface area contributed by atoms with E-state index in [9.17, 15) is 0 Å². The Labute approximate surface area is 129 Å². The lowest BCUT2D eigenvalue weighted by Gasteiger charge is -2.43. The summed E-state index contributed by atoms with van der Waals surface area (Å²) in [5, 5.41) is 4.56. The Balaban J connectivity index is 1.92. The van der Waals surface area contributed by atoms with Crippen molar-refractivity contribution in [2.45, 2.75) is 46.1 Å². The van der Waals surface area contributed by atoms with E-state index in [1.54, 1.807) is 0 Å². The third kappa shape index (κ3) is 2.12. The zero-order valence-corrected chi connectivity index (χ0v) is 14.1. The van der Waals surface area contributed by atoms with E-state index in [2.05, 4.69) is 48.1 Å². The molecule has 1 nitrogen and oxygen atoms in total. The molecule has 0 radical (unpaired) electrons. The molecule has 19 heavy (non-hydrogen) atoms. The maximum Gasteiger partial charge on any atom is 0.0638 e. The Bertz CT molecular complexity index is 509. The molecule has 3 rings (SSSR count). The molecule has 2 aliphatic carbocycles. The molecule has 1 N–H and O–H groups in total. The molecule has 0 heterocycles. The van der Waals surface area contributed by atoms with Crippen LogP contribution in [0.4, 0.5) is 5.69 Å². The summed E-state index contributed by atoms with van der Waals surface area (Å²) in [4.78, 5) is 0. The SMILES string of the molecule is CC1(C)C(Nc2cc(Br)ccc2Cl)[C@]2(C)CC[C@H]1C2. The molecule has 2 saturated carbocycles. The van der Waals surface area contributed by atoms with Crippen molar-refractivity contribution in [2.24, 2.45) is 16.7 Å². The molecular formula is C16H21BrClN. The van der Waals surface area contributed by atoms with Crippen molar-refractivity contribution in [2.75, 3.05) is 5.32 Å². The molecule has 0 saturated heterocycles. The molecule has 3 heteroatoms. The molecule has 0 spiro atoms. The van der Waals surface area contributed by atoms with Gasteiger partial charge in [0.2, 0.25) is 0 Å². The van der Waals surface area contributed by atoms with Gasteiger partial charge in [0.25, 0.3) is 0 Å². The number of fused-ring (bicyclic) bond motifs is 2. The van der Waals surface area contributed by atoms with Crippen LogP contribution in [0.2, 0.25) is 5.02 Å². The Hall–Kier alpha value is -0.210. The van der Waals surface area contributed by atoms with Crippen LogP contribution in [0.1, 0.15) is 40.0 Å². The number of rotatable bonds is 2. The summed E-state index contributed by atoms with van der Waals surface area (Å²) in [6, 6.07) is 6.54. The Kier molecular flexibility index (Phi) is 3.18. The molecule has 104 valence electrons. The van der Waals surface area contributed by atoms with Crippen molar-refractivity contribution in [1.82, 2.24) is 0 Å². The quantitative estimate of drug-likeness (QED) is 0.723. The summed E-state index contributed by atoms with van der Waals surface area (Å²) in [7, 11) is 0. The lowest BCUT2D eigenvalue weighted by molar-refractivity contribution is 0.155. The fourth-order valence-corrected chi connectivity index (χ4v) is 4.96. The van der Waals surface area contributed by atoms with E-state index >= 15 is 0 Å². The van der Waals surface area contributed by atoms with Crippen LogP contribution in [-0.2, 0) is 0 Å². The van der Waals surface area contributed by atoms with Crippen LogP contribution in [0.3, 0.4) is 0 Å². The number of nitrogens with one attached hydrogen (secondary N) is 1. The Morgan fingerprint density at radius 2 is 2.05 bits per heavy atom. The van der Waals surface area contributed by atoms with Crippen molar-refractivity contribution in [3.8, 4) is 0 Å². The minimum absolute atomic E-state index is 0.346. The smallest absolute Gasteiger partial charge is 0.0638 e. The number of benzene rings is 1. The second kappa shape index (κ2) is 4.39. The van der Waals surface area contributed by atoms with Gasteiger partial charge in [-0.05, 0) is 54.2 Å². The first kappa shape index (κ1) is 13.8. The number of halogens is 2. The first-order valence-electron chi connectivity index (χ1n) is 7.04. The van der Waals surface area contributed by atoms with Crippen molar-refractivity contribution in [3.05, 3.63) is 27.7 Å². The van der Waals surface area contributed by atoms with Gasteiger partial charge in [0.15, 0.2) is 0 Å². The van der Waals surface area contributed by atoms with E-state index in [-0.39, 0.29) is 0 Å². The van der Waals surface area contributed by atoms with Crippen LogP contribution in [0, 0.1) is 16.7 Å². The predicted octanol–water partition coefficient (Wildman–Crippen LogP) is 5.73. The van der Waals surface area contributed by atoms with Gasteiger partial charge < -0.3 is 5.32 Å². The summed E-state index contributed by atoms with van der Waals surface area (Å²) in [5.74, 6) is 0.848. The highest BCUT2D eigenvalue weighted by Gasteiger charge is 2.59. The van der Waals surface area contributed by atoms with Crippen LogP contribution in [0.25, 0.3) is 0 Å². The van der Waals surface area contributed by atoms with Crippen LogP contribution < -0.4 is 5.32 Å². The highest BCUT2D eigenvalue weighted by molar-refractivity contribution is 9.10. The topological polar surface area (TPSA) is 12.0 Å². The molecule has 0 aliphatic heterocycles. The molecule has 0 amide bonds. The average molecular weight is 343 g/mol. The molecule has 0 aromatic heterocycles. The summed E-state index contributed by atoms with van der Waals surface area (Å²) < 4.78 is 1.07. The lowest BCUT2D eigenvalue weighted by atomic mass is 9.68. The molecule has 1 aromatic carbocycles. The average Bonchev–Trinajstić information content (AvgIpc) is 2.80. The molecular weight excluding hydrogens is 322 g/mol. The van der Waals surface area contributed by atoms with Crippen LogP contribution in [-0.4, -0.2) is 6.04 Å². The normalized spacial score (nSPS) is 35.6. The maximum atomic E-state index is 6.33. The molecule has 2 fully saturated rings. The standard InChI is InChI=1S/C16H21BrClN/c1-15(2)10-6-7-16(3,9-10)14(15)19-13-8-11(17)4-5-12(13)18/h4-5,8,10,14,19H,6-7,9H2,1-3H3/t10-,14?,16+/m0/s1. The van der Waals surface area contributed by atoms with E-state index in [0.29, 0.717) is 16.9 Å². The molecule has 2 aliphatic rings. The third-order valence-corrected chi connectivity index (χ3v) is 6.32. The molecule has 1 unspecified atom stereocenters. The number of hydrogen-bond donors (Lipinski definition) is 1. The van der Waals surface area contributed by atoms with Crippen molar-refractivity contribution >= 4 is 33.2 Å². The fourth-order valence-electron chi connectivity index (χ4n) is 4.43. The van der Waals surface area contributed by atoms with Gasteiger partial charge in [-0.1, -0.05) is 48.3 Å². The van der Waals surface area contributed by atoms with Gasteiger partial charge in [0.05, 0.1) is 10.7 Å². The third-order valence-electron chi connectivity index (χ3n) is 5.50. The minimum atomic E-state index is 0.346. The van der Waals surface area contributed by atoms with Gasteiger partial charge in [-0.3, -0.25) is 0 Å². The van der Waals surface area contributed by atoms with E-state index in [0.717, 1.165) is 21.1 Å². The van der Waals surface area contributed by atoms with E-state index < -0.39 is 0 Å². The zero-order chi connectivity index (χ0) is 13.8. The first-order chi connectivity index (χ1) is 8.83. The summed E-state index contributed by atoms with van der Waals surface area (Å²) >= 11 is 9.86. The maximum absolute atomic E-state index is 6.33. The molecule has 2 bridgehead atoms. The predicted molar refractivity (Wildman–Crippen MR) is 85.8 cm³/mol. The van der Waals surface area contributed by atoms with Gasteiger partial charge >= 0.3 is 0 Å². The minimum Gasteiger partial charge on any atom is -0.380 e. The first-order valence-corrected chi connectivity index (χ1v) is 8.22. The lowest BCUT2D eigenvalue weighted by Crippen LogP contribution is -2.45. The Morgan fingerprint density at radius 1 is 1.32 bits per heavy atom. The highest BCUT2D eigenvalue weighted by atomic mass is 79.9. The summed E-state index contributed by atoms with van der Waals surface area (Å²) in [6.45, 7) is 7.25. The Morgan fingerprint density at radius 3 is 2.68 bits per heavy atom. The van der Waals surface area contributed by atoms with Crippen molar-refractivity contribution in [1.29, 1.82) is 0 Å². The largest absolute Gasteiger partial charge is 0.380 e. The van der Waals surface area contributed by atoms with Gasteiger partial charge in [-0.15, -0.1) is 0 Å². The summed E-state index contributed by atoms with van der Waals surface area (Å²) in [5.41, 5.74) is 1.82.